The van der Waals surface area contributed by atoms with Crippen LogP contribution in [0.25, 0.3) is 0 Å². The van der Waals surface area contributed by atoms with Crippen molar-refractivity contribution in [2.45, 2.75) is 32.0 Å². The Morgan fingerprint density at radius 1 is 0.939 bits per heavy atom. The second-order valence-electron chi connectivity index (χ2n) is 9.06. The molecule has 1 aliphatic heterocycles. The zero-order valence-corrected chi connectivity index (χ0v) is 19.8. The fraction of sp³-hybridized carbons (Fsp3) is 0.370. The number of anilines is 2. The quantitative estimate of drug-likeness (QED) is 0.504. The maximum absolute atomic E-state index is 12.7. The smallest absolute Gasteiger partial charge is 0.238 e. The van der Waals surface area contributed by atoms with Crippen LogP contribution in [0.2, 0.25) is 0 Å². The fourth-order valence-corrected chi connectivity index (χ4v) is 5.23. The molecule has 1 saturated carbocycles. The third-order valence-corrected chi connectivity index (χ3v) is 7.35. The Balaban J connectivity index is 1.10. The number of amides is 1. The molecule has 5 nitrogen and oxygen atoms in total. The molecule has 1 aromatic heterocycles. The molecule has 1 N–H and O–H groups in total. The van der Waals surface area contributed by atoms with Crippen LogP contribution in [-0.4, -0.2) is 54.5 Å². The Kier molecular flexibility index (Phi) is 7.05. The van der Waals surface area contributed by atoms with Crippen LogP contribution >= 0.6 is 11.3 Å². The normalized spacial score (nSPS) is 16.8. The average Bonchev–Trinajstić information content (AvgIpc) is 3.57. The molecular weight excluding hydrogens is 428 g/mol. The van der Waals surface area contributed by atoms with Gasteiger partial charge in [-0.05, 0) is 54.1 Å². The van der Waals surface area contributed by atoms with Crippen molar-refractivity contribution in [3.8, 4) is 0 Å². The van der Waals surface area contributed by atoms with Gasteiger partial charge in [-0.25, -0.2) is 0 Å². The van der Waals surface area contributed by atoms with E-state index in [-0.39, 0.29) is 5.91 Å². The second kappa shape index (κ2) is 10.5. The first-order valence-electron chi connectivity index (χ1n) is 11.9. The summed E-state index contributed by atoms with van der Waals surface area (Å²) < 4.78 is 0. The lowest BCUT2D eigenvalue weighted by atomic mass is 10.2. The maximum atomic E-state index is 12.7. The first kappa shape index (κ1) is 22.1. The fourth-order valence-electron chi connectivity index (χ4n) is 4.50. The SMILES string of the molecule is O=C(CN(Cc1cccs1)C1CC1)Nc1ccc(N2CCN(Cc3ccccc3)CC2)cc1. The number of nitrogens with one attached hydrogen (secondary N) is 1. The predicted octanol–water partition coefficient (Wildman–Crippen LogP) is 4.67. The number of carbonyl (C=O) groups is 1. The lowest BCUT2D eigenvalue weighted by molar-refractivity contribution is -0.117. The van der Waals surface area contributed by atoms with Gasteiger partial charge in [-0.3, -0.25) is 14.6 Å². The summed E-state index contributed by atoms with van der Waals surface area (Å²) in [5.74, 6) is 0.0701. The van der Waals surface area contributed by atoms with Gasteiger partial charge in [0.2, 0.25) is 5.91 Å². The third kappa shape index (κ3) is 6.22. The van der Waals surface area contributed by atoms with Crippen LogP contribution in [0.4, 0.5) is 11.4 Å². The molecule has 1 saturated heterocycles. The first-order valence-corrected chi connectivity index (χ1v) is 12.8. The molecule has 0 radical (unpaired) electrons. The minimum Gasteiger partial charge on any atom is -0.369 e. The van der Waals surface area contributed by atoms with Gasteiger partial charge in [-0.2, -0.15) is 0 Å². The molecule has 6 heteroatoms. The highest BCUT2D eigenvalue weighted by Gasteiger charge is 2.30. The van der Waals surface area contributed by atoms with Crippen LogP contribution in [0.1, 0.15) is 23.3 Å². The Bertz CT molecular complexity index is 1010. The molecule has 33 heavy (non-hydrogen) atoms. The van der Waals surface area contributed by atoms with E-state index in [4.69, 9.17) is 0 Å². The number of nitrogens with zero attached hydrogens (tertiary/aromatic N) is 3. The topological polar surface area (TPSA) is 38.8 Å². The number of carbonyl (C=O) groups excluding carboxylic acids is 1. The van der Waals surface area contributed by atoms with Crippen LogP contribution in [-0.2, 0) is 17.9 Å². The van der Waals surface area contributed by atoms with Crippen molar-refractivity contribution in [2.75, 3.05) is 42.9 Å². The van der Waals surface area contributed by atoms with Crippen molar-refractivity contribution >= 4 is 28.6 Å². The lowest BCUT2D eigenvalue weighted by Crippen LogP contribution is -2.45. The summed E-state index contributed by atoms with van der Waals surface area (Å²) in [5, 5.41) is 5.20. The lowest BCUT2D eigenvalue weighted by Gasteiger charge is -2.36. The summed E-state index contributed by atoms with van der Waals surface area (Å²) in [6, 6.07) is 23.8. The number of benzene rings is 2. The Hall–Kier alpha value is -2.67. The van der Waals surface area contributed by atoms with E-state index in [1.807, 2.05) is 12.1 Å². The van der Waals surface area contributed by atoms with E-state index in [1.54, 1.807) is 11.3 Å². The molecule has 1 amide bonds. The van der Waals surface area contributed by atoms with Gasteiger partial charge < -0.3 is 10.2 Å². The number of hydrogen-bond acceptors (Lipinski definition) is 5. The Morgan fingerprint density at radius 2 is 1.70 bits per heavy atom. The standard InChI is InChI=1S/C27H32N4OS/c32-27(21-31(25-12-13-25)20-26-7-4-18-33-26)28-23-8-10-24(11-9-23)30-16-14-29(15-17-30)19-22-5-2-1-3-6-22/h1-11,18,25H,12-17,19-21H2,(H,28,32). The van der Waals surface area contributed by atoms with E-state index >= 15 is 0 Å². The van der Waals surface area contributed by atoms with Crippen LogP contribution in [0, 0.1) is 0 Å². The van der Waals surface area contributed by atoms with Crippen molar-refractivity contribution in [2.24, 2.45) is 0 Å². The molecule has 172 valence electrons. The van der Waals surface area contributed by atoms with E-state index in [1.165, 1.54) is 29.0 Å². The predicted molar refractivity (Wildman–Crippen MR) is 137 cm³/mol. The van der Waals surface area contributed by atoms with Crippen molar-refractivity contribution in [3.63, 3.8) is 0 Å². The molecule has 5 rings (SSSR count). The number of rotatable bonds is 9. The van der Waals surface area contributed by atoms with Gasteiger partial charge >= 0.3 is 0 Å². The summed E-state index contributed by atoms with van der Waals surface area (Å²) in [7, 11) is 0. The zero-order chi connectivity index (χ0) is 22.5. The van der Waals surface area contributed by atoms with Gasteiger partial charge in [-0.15, -0.1) is 11.3 Å². The highest BCUT2D eigenvalue weighted by molar-refractivity contribution is 7.09. The van der Waals surface area contributed by atoms with Crippen molar-refractivity contribution < 1.29 is 4.79 Å². The van der Waals surface area contributed by atoms with Crippen LogP contribution in [0.3, 0.4) is 0 Å². The van der Waals surface area contributed by atoms with Gasteiger partial charge in [0, 0.05) is 61.6 Å². The van der Waals surface area contributed by atoms with Gasteiger partial charge in [0.25, 0.3) is 0 Å². The molecular formula is C27H32N4OS. The van der Waals surface area contributed by atoms with E-state index < -0.39 is 0 Å². The molecule has 0 bridgehead atoms. The van der Waals surface area contributed by atoms with Crippen LogP contribution in [0.5, 0.6) is 0 Å². The summed E-state index contributed by atoms with van der Waals surface area (Å²) >= 11 is 1.76. The third-order valence-electron chi connectivity index (χ3n) is 6.49. The Labute approximate surface area is 200 Å². The monoisotopic (exact) mass is 460 g/mol. The summed E-state index contributed by atoms with van der Waals surface area (Å²) in [5.41, 5.74) is 3.48. The summed E-state index contributed by atoms with van der Waals surface area (Å²) in [6.07, 6.45) is 2.40. The minimum absolute atomic E-state index is 0.0701. The molecule has 3 aromatic rings. The highest BCUT2D eigenvalue weighted by Crippen LogP contribution is 2.29. The van der Waals surface area contributed by atoms with Crippen molar-refractivity contribution in [1.29, 1.82) is 0 Å². The second-order valence-corrected chi connectivity index (χ2v) is 10.1. The molecule has 1 aliphatic carbocycles. The van der Waals surface area contributed by atoms with Gasteiger partial charge in [0.1, 0.15) is 0 Å². The van der Waals surface area contributed by atoms with Crippen molar-refractivity contribution in [1.82, 2.24) is 9.80 Å². The van der Waals surface area contributed by atoms with Crippen LogP contribution in [0.15, 0.2) is 72.1 Å². The largest absolute Gasteiger partial charge is 0.369 e. The minimum atomic E-state index is 0.0701. The molecule has 2 aromatic carbocycles. The molecule has 0 atom stereocenters. The first-order chi connectivity index (χ1) is 16.2. The van der Waals surface area contributed by atoms with Gasteiger partial charge in [0.05, 0.1) is 6.54 Å². The van der Waals surface area contributed by atoms with E-state index in [0.717, 1.165) is 45.0 Å². The molecule has 2 heterocycles. The number of piperazine rings is 1. The van der Waals surface area contributed by atoms with Crippen LogP contribution < -0.4 is 10.2 Å². The summed E-state index contributed by atoms with van der Waals surface area (Å²) in [4.78, 5) is 21.3. The molecule has 0 unspecified atom stereocenters. The molecule has 2 fully saturated rings. The van der Waals surface area contributed by atoms with Crippen molar-refractivity contribution in [3.05, 3.63) is 82.6 Å². The van der Waals surface area contributed by atoms with Gasteiger partial charge in [-0.1, -0.05) is 36.4 Å². The number of thiophene rings is 1. The van der Waals surface area contributed by atoms with E-state index in [0.29, 0.717) is 12.6 Å². The van der Waals surface area contributed by atoms with Gasteiger partial charge in [0.15, 0.2) is 0 Å². The Morgan fingerprint density at radius 3 is 2.36 bits per heavy atom. The van der Waals surface area contributed by atoms with E-state index in [9.17, 15) is 4.79 Å². The summed E-state index contributed by atoms with van der Waals surface area (Å²) in [6.45, 7) is 6.51. The number of hydrogen-bond donors (Lipinski definition) is 1. The molecule has 0 spiro atoms. The average molecular weight is 461 g/mol. The zero-order valence-electron chi connectivity index (χ0n) is 19.0. The van der Waals surface area contributed by atoms with E-state index in [2.05, 4.69) is 80.0 Å². The molecule has 2 aliphatic rings. The highest BCUT2D eigenvalue weighted by atomic mass is 32.1. The maximum Gasteiger partial charge on any atom is 0.238 e.